The predicted molar refractivity (Wildman–Crippen MR) is 89.2 cm³/mol. The van der Waals surface area contributed by atoms with Gasteiger partial charge in [0.15, 0.2) is 0 Å². The van der Waals surface area contributed by atoms with Crippen LogP contribution < -0.4 is 5.32 Å². The van der Waals surface area contributed by atoms with Crippen LogP contribution in [0.4, 0.5) is 0 Å². The summed E-state index contributed by atoms with van der Waals surface area (Å²) in [5, 5.41) is 11.3. The molecule has 2 heterocycles. The third-order valence-electron chi connectivity index (χ3n) is 3.45. The van der Waals surface area contributed by atoms with Crippen LogP contribution in [0.5, 0.6) is 0 Å². The second-order valence-corrected chi connectivity index (χ2v) is 5.87. The molecule has 0 radical (unpaired) electrons. The molecule has 1 aromatic carbocycles. The van der Waals surface area contributed by atoms with Gasteiger partial charge in [0.1, 0.15) is 23.3 Å². The van der Waals surface area contributed by atoms with Crippen molar-refractivity contribution in [3.8, 4) is 11.3 Å². The first kappa shape index (κ1) is 16.5. The molecule has 0 aliphatic rings. The monoisotopic (exact) mass is 365 g/mol. The molecule has 0 saturated heterocycles. The first-order valence-corrected chi connectivity index (χ1v) is 7.91. The number of halogens is 2. The van der Waals surface area contributed by atoms with Crippen LogP contribution in [-0.2, 0) is 6.42 Å². The molecule has 0 unspecified atom stereocenters. The Morgan fingerprint density at radius 2 is 1.96 bits per heavy atom. The predicted octanol–water partition coefficient (Wildman–Crippen LogP) is 3.92. The minimum absolute atomic E-state index is 0.310. The molecular weight excluding hydrogens is 353 g/mol. The second kappa shape index (κ2) is 7.07. The molecular formula is C16H13Cl2N3O3. The molecule has 0 bridgehead atoms. The van der Waals surface area contributed by atoms with Crippen molar-refractivity contribution in [2.45, 2.75) is 13.3 Å². The fraction of sp³-hybridized carbons (Fsp3) is 0.188. The molecule has 3 aromatic rings. The molecule has 0 spiro atoms. The summed E-state index contributed by atoms with van der Waals surface area (Å²) in [6, 6.07) is 6.82. The Hall–Kier alpha value is -2.31. The maximum Gasteiger partial charge on any atom is 0.257 e. The van der Waals surface area contributed by atoms with Crippen molar-refractivity contribution in [3.63, 3.8) is 0 Å². The van der Waals surface area contributed by atoms with E-state index >= 15 is 0 Å². The van der Waals surface area contributed by atoms with Gasteiger partial charge in [0.2, 0.25) is 0 Å². The Morgan fingerprint density at radius 1 is 1.21 bits per heavy atom. The van der Waals surface area contributed by atoms with Crippen molar-refractivity contribution >= 4 is 29.1 Å². The fourth-order valence-corrected chi connectivity index (χ4v) is 2.87. The Kier molecular flexibility index (Phi) is 4.87. The van der Waals surface area contributed by atoms with Crippen molar-refractivity contribution in [2.24, 2.45) is 0 Å². The van der Waals surface area contributed by atoms with Gasteiger partial charge in [0.05, 0.1) is 15.7 Å². The van der Waals surface area contributed by atoms with Gasteiger partial charge < -0.3 is 14.4 Å². The van der Waals surface area contributed by atoms with E-state index in [0.717, 1.165) is 5.69 Å². The van der Waals surface area contributed by atoms with Gasteiger partial charge in [0.25, 0.3) is 5.91 Å². The average Bonchev–Trinajstić information content (AvgIpc) is 3.17. The molecule has 1 N–H and O–H groups in total. The minimum atomic E-state index is -0.316. The number of aromatic nitrogens is 2. The van der Waals surface area contributed by atoms with E-state index in [1.165, 1.54) is 6.26 Å². The van der Waals surface area contributed by atoms with Crippen LogP contribution in [0.15, 0.2) is 39.6 Å². The van der Waals surface area contributed by atoms with E-state index in [0.29, 0.717) is 45.6 Å². The number of amides is 1. The quantitative estimate of drug-likeness (QED) is 0.740. The van der Waals surface area contributed by atoms with E-state index in [1.54, 1.807) is 31.2 Å². The highest BCUT2D eigenvalue weighted by atomic mass is 35.5. The van der Waals surface area contributed by atoms with Crippen LogP contribution in [0, 0.1) is 6.92 Å². The molecule has 2 aromatic heterocycles. The van der Waals surface area contributed by atoms with E-state index < -0.39 is 0 Å². The molecule has 124 valence electrons. The van der Waals surface area contributed by atoms with Gasteiger partial charge in [-0.2, -0.15) is 0 Å². The molecule has 0 saturated carbocycles. The third kappa shape index (κ3) is 3.29. The largest absolute Gasteiger partial charge is 0.365 e. The van der Waals surface area contributed by atoms with Gasteiger partial charge in [0, 0.05) is 24.6 Å². The van der Waals surface area contributed by atoms with Crippen LogP contribution in [0.25, 0.3) is 11.3 Å². The van der Waals surface area contributed by atoms with Crippen LogP contribution in [0.2, 0.25) is 10.0 Å². The van der Waals surface area contributed by atoms with Crippen molar-refractivity contribution in [3.05, 3.63) is 57.6 Å². The Balaban J connectivity index is 1.83. The normalized spacial score (nSPS) is 10.8. The molecule has 8 heteroatoms. The molecule has 6 nitrogen and oxygen atoms in total. The maximum atomic E-state index is 12.5. The Labute approximate surface area is 147 Å². The van der Waals surface area contributed by atoms with Crippen LogP contribution >= 0.6 is 23.2 Å². The number of carbonyl (C=O) groups excluding carboxylic acids is 1. The number of hydrogen-bond donors (Lipinski definition) is 1. The van der Waals surface area contributed by atoms with Crippen LogP contribution in [0.1, 0.15) is 21.8 Å². The van der Waals surface area contributed by atoms with Gasteiger partial charge >= 0.3 is 0 Å². The molecule has 1 amide bonds. The lowest BCUT2D eigenvalue weighted by Crippen LogP contribution is -2.26. The molecule has 0 aliphatic heterocycles. The Bertz CT molecular complexity index is 839. The van der Waals surface area contributed by atoms with Crippen molar-refractivity contribution in [2.75, 3.05) is 6.54 Å². The minimum Gasteiger partial charge on any atom is -0.365 e. The SMILES string of the molecule is Cc1onc(-c2c(Cl)cccc2Cl)c1C(=O)NCCc1ccon1. The molecule has 0 aliphatic carbocycles. The highest BCUT2D eigenvalue weighted by molar-refractivity contribution is 6.39. The number of nitrogens with one attached hydrogen (secondary N) is 1. The molecule has 0 fully saturated rings. The van der Waals surface area contributed by atoms with E-state index in [-0.39, 0.29) is 5.91 Å². The highest BCUT2D eigenvalue weighted by Crippen LogP contribution is 2.36. The zero-order chi connectivity index (χ0) is 17.1. The smallest absolute Gasteiger partial charge is 0.257 e. The van der Waals surface area contributed by atoms with Crippen LogP contribution in [-0.4, -0.2) is 22.8 Å². The van der Waals surface area contributed by atoms with Gasteiger partial charge in [-0.25, -0.2) is 0 Å². The zero-order valence-corrected chi connectivity index (χ0v) is 14.2. The lowest BCUT2D eigenvalue weighted by atomic mass is 10.1. The van der Waals surface area contributed by atoms with Crippen molar-refractivity contribution < 1.29 is 13.8 Å². The second-order valence-electron chi connectivity index (χ2n) is 5.06. The van der Waals surface area contributed by atoms with E-state index in [4.69, 9.17) is 32.2 Å². The van der Waals surface area contributed by atoms with Gasteiger partial charge in [-0.1, -0.05) is 39.6 Å². The first-order valence-electron chi connectivity index (χ1n) is 7.16. The summed E-state index contributed by atoms with van der Waals surface area (Å²) in [4.78, 5) is 12.5. The summed E-state index contributed by atoms with van der Waals surface area (Å²) in [6.07, 6.45) is 2.04. The standard InChI is InChI=1S/C16H13Cl2N3O3/c1-9-13(16(22)19-7-5-10-6-8-23-20-10)15(21-24-9)14-11(17)3-2-4-12(14)18/h2-4,6,8H,5,7H2,1H3,(H,19,22). The summed E-state index contributed by atoms with van der Waals surface area (Å²) in [6.45, 7) is 2.06. The summed E-state index contributed by atoms with van der Waals surface area (Å²) < 4.78 is 9.93. The fourth-order valence-electron chi connectivity index (χ4n) is 2.29. The maximum absolute atomic E-state index is 12.5. The number of rotatable bonds is 5. The van der Waals surface area contributed by atoms with Crippen molar-refractivity contribution in [1.82, 2.24) is 15.6 Å². The van der Waals surface area contributed by atoms with Crippen LogP contribution in [0.3, 0.4) is 0 Å². The molecule has 24 heavy (non-hydrogen) atoms. The van der Waals surface area contributed by atoms with Gasteiger partial charge in [-0.3, -0.25) is 4.79 Å². The van der Waals surface area contributed by atoms with E-state index in [1.807, 2.05) is 0 Å². The lowest BCUT2D eigenvalue weighted by molar-refractivity contribution is 0.0953. The average molecular weight is 366 g/mol. The van der Waals surface area contributed by atoms with Crippen molar-refractivity contribution in [1.29, 1.82) is 0 Å². The Morgan fingerprint density at radius 3 is 2.62 bits per heavy atom. The third-order valence-corrected chi connectivity index (χ3v) is 4.08. The molecule has 3 rings (SSSR count). The topological polar surface area (TPSA) is 81.2 Å². The first-order chi connectivity index (χ1) is 11.6. The number of aryl methyl sites for hydroxylation is 1. The zero-order valence-electron chi connectivity index (χ0n) is 12.7. The summed E-state index contributed by atoms with van der Waals surface area (Å²) in [7, 11) is 0. The summed E-state index contributed by atoms with van der Waals surface area (Å²) >= 11 is 12.4. The lowest BCUT2D eigenvalue weighted by Gasteiger charge is -2.07. The van der Waals surface area contributed by atoms with Gasteiger partial charge in [-0.15, -0.1) is 0 Å². The van der Waals surface area contributed by atoms with E-state index in [2.05, 4.69) is 15.6 Å². The number of hydrogen-bond acceptors (Lipinski definition) is 5. The number of nitrogens with zero attached hydrogens (tertiary/aromatic N) is 2. The van der Waals surface area contributed by atoms with Gasteiger partial charge in [-0.05, 0) is 19.1 Å². The number of carbonyl (C=O) groups is 1. The summed E-state index contributed by atoms with van der Waals surface area (Å²) in [5.74, 6) is 0.0724. The molecule has 0 atom stereocenters. The number of benzene rings is 1. The highest BCUT2D eigenvalue weighted by Gasteiger charge is 2.24. The van der Waals surface area contributed by atoms with E-state index in [9.17, 15) is 4.79 Å². The summed E-state index contributed by atoms with van der Waals surface area (Å²) in [5.41, 5.74) is 1.86.